The van der Waals surface area contributed by atoms with Gasteiger partial charge < -0.3 is 20.3 Å². The Labute approximate surface area is 134 Å². The maximum absolute atomic E-state index is 12.2. The van der Waals surface area contributed by atoms with Gasteiger partial charge in [0.15, 0.2) is 5.75 Å². The molecule has 0 aliphatic heterocycles. The Morgan fingerprint density at radius 2 is 1.68 bits per heavy atom. The molecule has 0 fully saturated rings. The van der Waals surface area contributed by atoms with Crippen LogP contribution in [0.25, 0.3) is 22.2 Å². The summed E-state index contributed by atoms with van der Waals surface area (Å²) >= 11 is 11.8. The maximum atomic E-state index is 12.2. The summed E-state index contributed by atoms with van der Waals surface area (Å²) in [5.74, 6) is -1.20. The van der Waals surface area contributed by atoms with Gasteiger partial charge >= 0.3 is 0 Å². The van der Waals surface area contributed by atoms with Crippen LogP contribution in [0.5, 0.6) is 17.2 Å². The quantitative estimate of drug-likeness (QED) is 0.545. The Kier molecular flexibility index (Phi) is 3.39. The van der Waals surface area contributed by atoms with Gasteiger partial charge in [0.25, 0.3) is 0 Å². The summed E-state index contributed by atoms with van der Waals surface area (Å²) in [7, 11) is 0. The second-order valence-corrected chi connectivity index (χ2v) is 5.51. The van der Waals surface area contributed by atoms with E-state index in [1.807, 2.05) is 0 Å². The normalized spacial score (nSPS) is 11.0. The number of rotatable bonds is 1. The standard InChI is InChI=1S/C15H9Cl2NO4/c16-8-2-1-6(3-9(8)17)13-15(22)14(21)12-10(18-13)4-7(19)5-11(12)20/h1-5,19-20,22H,(H,18,21). The van der Waals surface area contributed by atoms with E-state index in [-0.39, 0.29) is 27.4 Å². The highest BCUT2D eigenvalue weighted by atomic mass is 35.5. The Morgan fingerprint density at radius 3 is 2.36 bits per heavy atom. The fourth-order valence-electron chi connectivity index (χ4n) is 2.24. The first-order valence-electron chi connectivity index (χ1n) is 6.15. The highest BCUT2D eigenvalue weighted by Crippen LogP contribution is 2.34. The number of nitrogens with one attached hydrogen (secondary N) is 1. The van der Waals surface area contributed by atoms with E-state index in [4.69, 9.17) is 23.2 Å². The van der Waals surface area contributed by atoms with Crippen molar-refractivity contribution in [3.8, 4) is 28.5 Å². The monoisotopic (exact) mass is 337 g/mol. The SMILES string of the molecule is O=c1c(O)c(-c2ccc(Cl)c(Cl)c2)[nH]c2cc(O)cc(O)c12. The second kappa shape index (κ2) is 5.12. The third-order valence-corrected chi connectivity index (χ3v) is 3.99. The van der Waals surface area contributed by atoms with Crippen LogP contribution in [0.1, 0.15) is 0 Å². The molecule has 7 heteroatoms. The molecule has 0 bridgehead atoms. The summed E-state index contributed by atoms with van der Waals surface area (Å²) in [4.78, 5) is 15.0. The largest absolute Gasteiger partial charge is 0.508 e. The Balaban J connectivity index is 2.38. The van der Waals surface area contributed by atoms with Gasteiger partial charge in [-0.2, -0.15) is 0 Å². The predicted octanol–water partition coefficient (Wildman–Crippen LogP) is 3.62. The summed E-state index contributed by atoms with van der Waals surface area (Å²) in [6.07, 6.45) is 0. The average molecular weight is 338 g/mol. The van der Waals surface area contributed by atoms with E-state index >= 15 is 0 Å². The van der Waals surface area contributed by atoms with Crippen molar-refractivity contribution in [2.24, 2.45) is 0 Å². The molecule has 0 unspecified atom stereocenters. The van der Waals surface area contributed by atoms with E-state index in [0.717, 1.165) is 6.07 Å². The van der Waals surface area contributed by atoms with Crippen LogP contribution in [0, 0.1) is 0 Å². The number of H-pyrrole nitrogens is 1. The molecule has 2 aromatic carbocycles. The first-order chi connectivity index (χ1) is 10.4. The van der Waals surface area contributed by atoms with Crippen molar-refractivity contribution < 1.29 is 15.3 Å². The summed E-state index contributed by atoms with van der Waals surface area (Å²) < 4.78 is 0. The highest BCUT2D eigenvalue weighted by Gasteiger charge is 2.16. The number of aromatic nitrogens is 1. The predicted molar refractivity (Wildman–Crippen MR) is 85.0 cm³/mol. The number of pyridine rings is 1. The van der Waals surface area contributed by atoms with E-state index in [1.54, 1.807) is 6.07 Å². The Bertz CT molecular complexity index is 966. The molecule has 0 amide bonds. The zero-order valence-electron chi connectivity index (χ0n) is 10.9. The van der Waals surface area contributed by atoms with Crippen LogP contribution in [0.4, 0.5) is 0 Å². The second-order valence-electron chi connectivity index (χ2n) is 4.69. The molecule has 0 aliphatic carbocycles. The van der Waals surface area contributed by atoms with Crippen LogP contribution in [0.3, 0.4) is 0 Å². The number of phenolic OH excluding ortho intramolecular Hbond substituents is 2. The highest BCUT2D eigenvalue weighted by molar-refractivity contribution is 6.42. The number of hydrogen-bond donors (Lipinski definition) is 4. The summed E-state index contributed by atoms with van der Waals surface area (Å²) in [5.41, 5.74) is -0.0245. The van der Waals surface area contributed by atoms with Gasteiger partial charge in [0.1, 0.15) is 11.5 Å². The lowest BCUT2D eigenvalue weighted by Gasteiger charge is -2.09. The molecule has 1 heterocycles. The van der Waals surface area contributed by atoms with Gasteiger partial charge in [0, 0.05) is 17.7 Å². The fraction of sp³-hybridized carbons (Fsp3) is 0. The molecule has 0 spiro atoms. The van der Waals surface area contributed by atoms with Crippen molar-refractivity contribution in [2.45, 2.75) is 0 Å². The third kappa shape index (κ3) is 2.24. The van der Waals surface area contributed by atoms with E-state index in [1.165, 1.54) is 18.2 Å². The topological polar surface area (TPSA) is 93.5 Å². The molecule has 4 N–H and O–H groups in total. The van der Waals surface area contributed by atoms with Gasteiger partial charge in [-0.1, -0.05) is 29.3 Å². The van der Waals surface area contributed by atoms with Crippen molar-refractivity contribution in [1.29, 1.82) is 0 Å². The maximum Gasteiger partial charge on any atom is 0.235 e. The fourth-order valence-corrected chi connectivity index (χ4v) is 2.53. The van der Waals surface area contributed by atoms with E-state index in [2.05, 4.69) is 4.98 Å². The molecule has 0 saturated heterocycles. The lowest BCUT2D eigenvalue weighted by molar-refractivity contribution is 0.452. The zero-order valence-corrected chi connectivity index (χ0v) is 12.4. The zero-order chi connectivity index (χ0) is 16.0. The summed E-state index contributed by atoms with van der Waals surface area (Å²) in [6, 6.07) is 6.89. The van der Waals surface area contributed by atoms with Crippen molar-refractivity contribution >= 4 is 34.1 Å². The number of hydrogen-bond acceptors (Lipinski definition) is 4. The van der Waals surface area contributed by atoms with Gasteiger partial charge in [-0.25, -0.2) is 0 Å². The first-order valence-corrected chi connectivity index (χ1v) is 6.90. The van der Waals surface area contributed by atoms with Gasteiger partial charge in [0.2, 0.25) is 5.43 Å². The number of aromatic amines is 1. The van der Waals surface area contributed by atoms with Gasteiger partial charge in [-0.3, -0.25) is 4.79 Å². The minimum atomic E-state index is -0.757. The van der Waals surface area contributed by atoms with E-state index in [9.17, 15) is 20.1 Å². The van der Waals surface area contributed by atoms with Gasteiger partial charge in [-0.15, -0.1) is 0 Å². The molecule has 0 radical (unpaired) electrons. The molecule has 5 nitrogen and oxygen atoms in total. The molecule has 0 saturated carbocycles. The number of benzene rings is 2. The van der Waals surface area contributed by atoms with Crippen molar-refractivity contribution in [1.82, 2.24) is 4.98 Å². The van der Waals surface area contributed by atoms with E-state index < -0.39 is 16.9 Å². The lowest BCUT2D eigenvalue weighted by Crippen LogP contribution is -2.05. The van der Waals surface area contributed by atoms with E-state index in [0.29, 0.717) is 10.6 Å². The Hall–Kier alpha value is -2.37. The molecule has 1 aromatic heterocycles. The van der Waals surface area contributed by atoms with Crippen LogP contribution in [-0.2, 0) is 0 Å². The van der Waals surface area contributed by atoms with Crippen molar-refractivity contribution in [2.75, 3.05) is 0 Å². The first kappa shape index (κ1) is 14.6. The summed E-state index contributed by atoms with van der Waals surface area (Å²) in [6.45, 7) is 0. The van der Waals surface area contributed by atoms with Crippen LogP contribution < -0.4 is 5.43 Å². The molecular formula is C15H9Cl2NO4. The minimum Gasteiger partial charge on any atom is -0.508 e. The van der Waals surface area contributed by atoms with Crippen LogP contribution >= 0.6 is 23.2 Å². The average Bonchev–Trinajstić information content (AvgIpc) is 2.45. The van der Waals surface area contributed by atoms with Crippen LogP contribution in [0.15, 0.2) is 35.1 Å². The lowest BCUT2D eigenvalue weighted by atomic mass is 10.1. The molecule has 0 atom stereocenters. The molecule has 3 aromatic rings. The third-order valence-electron chi connectivity index (χ3n) is 3.25. The summed E-state index contributed by atoms with van der Waals surface area (Å²) in [5, 5.41) is 29.9. The Morgan fingerprint density at radius 1 is 0.955 bits per heavy atom. The number of fused-ring (bicyclic) bond motifs is 1. The number of halogens is 2. The molecule has 22 heavy (non-hydrogen) atoms. The number of aromatic hydroxyl groups is 3. The van der Waals surface area contributed by atoms with Crippen LogP contribution in [0.2, 0.25) is 10.0 Å². The smallest absolute Gasteiger partial charge is 0.235 e. The number of phenols is 2. The van der Waals surface area contributed by atoms with Crippen molar-refractivity contribution in [3.05, 3.63) is 50.6 Å². The molecular weight excluding hydrogens is 329 g/mol. The van der Waals surface area contributed by atoms with Gasteiger partial charge in [-0.05, 0) is 12.1 Å². The van der Waals surface area contributed by atoms with Crippen LogP contribution in [-0.4, -0.2) is 20.3 Å². The van der Waals surface area contributed by atoms with Crippen molar-refractivity contribution in [3.63, 3.8) is 0 Å². The van der Waals surface area contributed by atoms with Gasteiger partial charge in [0.05, 0.1) is 26.6 Å². The molecule has 3 rings (SSSR count). The molecule has 0 aliphatic rings. The minimum absolute atomic E-state index is 0.112. The molecule has 112 valence electrons.